The lowest BCUT2D eigenvalue weighted by atomic mass is 10.1. The molecule has 0 aliphatic carbocycles. The molecule has 196 valence electrons. The minimum Gasteiger partial charge on any atom is -0.387 e. The van der Waals surface area contributed by atoms with Gasteiger partial charge in [-0.2, -0.15) is 4.98 Å². The van der Waals surface area contributed by atoms with Crippen molar-refractivity contribution in [2.24, 2.45) is 0 Å². The fourth-order valence-electron chi connectivity index (χ4n) is 3.17. The fraction of sp³-hybridized carbons (Fsp3) is 0.600. The number of nitrogens with two attached hydrogens (primary N) is 1. The largest absolute Gasteiger partial charge is 0.387 e. The van der Waals surface area contributed by atoms with E-state index in [-0.39, 0.29) is 36.1 Å². The number of fused-ring (bicyclic) bond motifs is 1. The number of H-pyrrole nitrogens is 1. The van der Waals surface area contributed by atoms with Gasteiger partial charge in [0.15, 0.2) is 22.9 Å². The van der Waals surface area contributed by atoms with Crippen molar-refractivity contribution in [2.75, 3.05) is 36.8 Å². The number of aromatic nitrogens is 4. The molecule has 0 bridgehead atoms. The lowest BCUT2D eigenvalue weighted by Crippen LogP contribution is -2.36. The van der Waals surface area contributed by atoms with Crippen LogP contribution in [0.2, 0.25) is 0 Å². The summed E-state index contributed by atoms with van der Waals surface area (Å²) in [4.78, 5) is 42.9. The molecule has 35 heavy (non-hydrogen) atoms. The van der Waals surface area contributed by atoms with Crippen molar-refractivity contribution in [1.29, 1.82) is 0 Å². The van der Waals surface area contributed by atoms with E-state index in [1.807, 2.05) is 4.72 Å². The van der Waals surface area contributed by atoms with Crippen molar-refractivity contribution in [1.82, 2.24) is 29.6 Å². The molecule has 1 aliphatic heterocycles. The minimum absolute atomic E-state index is 0.0451. The van der Waals surface area contributed by atoms with Crippen molar-refractivity contribution in [3.05, 3.63) is 16.7 Å². The Kier molecular flexibility index (Phi) is 8.51. The Hall–Kier alpha value is -2.15. The van der Waals surface area contributed by atoms with E-state index in [4.69, 9.17) is 26.6 Å². The maximum absolute atomic E-state index is 12.3. The van der Waals surface area contributed by atoms with E-state index in [2.05, 4.69) is 20.3 Å². The average Bonchev–Trinajstić information content (AvgIpc) is 3.30. The zero-order valence-electron chi connectivity index (χ0n) is 17.8. The summed E-state index contributed by atoms with van der Waals surface area (Å²) in [6.45, 7) is -1.12. The van der Waals surface area contributed by atoms with Gasteiger partial charge in [0.2, 0.25) is 21.9 Å². The highest BCUT2D eigenvalue weighted by atomic mass is 35.5. The van der Waals surface area contributed by atoms with E-state index in [0.717, 1.165) is 10.9 Å². The molecule has 3 heterocycles. The van der Waals surface area contributed by atoms with E-state index in [1.165, 1.54) is 0 Å². The van der Waals surface area contributed by atoms with Crippen LogP contribution >= 0.6 is 19.2 Å². The third kappa shape index (κ3) is 6.75. The van der Waals surface area contributed by atoms with Crippen molar-refractivity contribution in [3.8, 4) is 0 Å². The smallest absolute Gasteiger partial charge is 0.344 e. The second kappa shape index (κ2) is 10.9. The molecule has 1 saturated heterocycles. The molecule has 0 spiro atoms. The molecule has 20 heteroatoms. The van der Waals surface area contributed by atoms with E-state index in [1.54, 1.807) is 0 Å². The van der Waals surface area contributed by atoms with Gasteiger partial charge in [0.25, 0.3) is 5.56 Å². The molecule has 5 atom stereocenters. The number of hydrogen-bond acceptors (Lipinski definition) is 12. The Bertz CT molecular complexity index is 1290. The Morgan fingerprint density at radius 3 is 2.77 bits per heavy atom. The molecule has 0 saturated carbocycles. The SMILES string of the molecule is Nc1nc2c(ncn2C2OC(COP(=O)(O)CS(=O)(=O)NCCNC(=O)CCl)C(O)C2O)c(=O)[nH]1. The van der Waals surface area contributed by atoms with Gasteiger partial charge in [0.1, 0.15) is 24.2 Å². The Morgan fingerprint density at radius 2 is 2.09 bits per heavy atom. The monoisotopic (exact) mass is 559 g/mol. The minimum atomic E-state index is -4.74. The molecule has 2 aromatic rings. The number of anilines is 1. The van der Waals surface area contributed by atoms with Crippen molar-refractivity contribution in [2.45, 2.75) is 24.5 Å². The van der Waals surface area contributed by atoms with Crippen LogP contribution < -0.4 is 21.3 Å². The number of halogens is 1. The number of rotatable bonds is 11. The number of aromatic amines is 1. The third-order valence-corrected chi connectivity index (χ3v) is 8.83. The number of nitrogen functional groups attached to an aromatic ring is 1. The van der Waals surface area contributed by atoms with Gasteiger partial charge in [0, 0.05) is 13.1 Å². The number of carbonyl (C=O) groups is 1. The zero-order valence-corrected chi connectivity index (χ0v) is 20.2. The topological polar surface area (TPSA) is 261 Å². The zero-order chi connectivity index (χ0) is 26.0. The molecule has 5 unspecified atom stereocenters. The summed E-state index contributed by atoms with van der Waals surface area (Å²) in [5.41, 5.74) is 3.42. The van der Waals surface area contributed by atoms with Crippen LogP contribution in [0, 0.1) is 0 Å². The number of hydrogen-bond donors (Lipinski definition) is 7. The van der Waals surface area contributed by atoms with Crippen LogP contribution in [0.15, 0.2) is 11.1 Å². The number of carbonyl (C=O) groups excluding carboxylic acids is 1. The van der Waals surface area contributed by atoms with Gasteiger partial charge in [-0.25, -0.2) is 18.1 Å². The first kappa shape index (κ1) is 27.4. The lowest BCUT2D eigenvalue weighted by molar-refractivity contribution is -0.118. The summed E-state index contributed by atoms with van der Waals surface area (Å²) in [6.07, 6.45) is -4.74. The Morgan fingerprint density at radius 1 is 1.37 bits per heavy atom. The number of amides is 1. The molecular weight excluding hydrogens is 537 g/mol. The van der Waals surface area contributed by atoms with Gasteiger partial charge in [0.05, 0.1) is 12.9 Å². The number of nitrogens with one attached hydrogen (secondary N) is 3. The van der Waals surface area contributed by atoms with E-state index in [9.17, 15) is 37.7 Å². The normalized spacial score (nSPS) is 24.5. The van der Waals surface area contributed by atoms with Crippen molar-refractivity contribution in [3.63, 3.8) is 0 Å². The molecular formula is C15H23ClN7O10PS. The maximum atomic E-state index is 12.3. The highest BCUT2D eigenvalue weighted by Gasteiger charge is 2.45. The molecule has 1 fully saturated rings. The number of aliphatic hydroxyl groups excluding tert-OH is 2. The van der Waals surface area contributed by atoms with Crippen LogP contribution in [-0.4, -0.2) is 98.3 Å². The first-order valence-electron chi connectivity index (χ1n) is 9.84. The van der Waals surface area contributed by atoms with Crippen LogP contribution in [-0.2, 0) is 28.6 Å². The first-order valence-corrected chi connectivity index (χ1v) is 13.8. The van der Waals surface area contributed by atoms with Crippen LogP contribution in [0.3, 0.4) is 0 Å². The van der Waals surface area contributed by atoms with Crippen LogP contribution in [0.4, 0.5) is 5.95 Å². The van der Waals surface area contributed by atoms with E-state index < -0.39 is 65.7 Å². The van der Waals surface area contributed by atoms with Gasteiger partial charge >= 0.3 is 7.60 Å². The molecule has 17 nitrogen and oxygen atoms in total. The summed E-state index contributed by atoms with van der Waals surface area (Å²) in [6, 6.07) is 0. The number of nitrogens with zero attached hydrogens (tertiary/aromatic N) is 3. The van der Waals surface area contributed by atoms with Crippen LogP contribution in [0.1, 0.15) is 6.23 Å². The number of imidazole rings is 1. The lowest BCUT2D eigenvalue weighted by Gasteiger charge is -2.18. The van der Waals surface area contributed by atoms with Crippen LogP contribution in [0.5, 0.6) is 0 Å². The molecule has 1 amide bonds. The second-order valence-corrected chi connectivity index (χ2v) is 11.7. The number of aliphatic hydroxyl groups is 2. The van der Waals surface area contributed by atoms with Gasteiger partial charge in [-0.3, -0.25) is 23.7 Å². The summed E-state index contributed by atoms with van der Waals surface area (Å²) in [5, 5.41) is 23.0. The average molecular weight is 560 g/mol. The van der Waals surface area contributed by atoms with Gasteiger partial charge < -0.3 is 35.4 Å². The van der Waals surface area contributed by atoms with Gasteiger partial charge in [-0.05, 0) is 0 Å². The predicted molar refractivity (Wildman–Crippen MR) is 120 cm³/mol. The first-order chi connectivity index (χ1) is 16.3. The second-order valence-electron chi connectivity index (χ2n) is 7.38. The highest BCUT2D eigenvalue weighted by Crippen LogP contribution is 2.44. The Labute approximate surface area is 202 Å². The van der Waals surface area contributed by atoms with Gasteiger partial charge in [-0.15, -0.1) is 11.6 Å². The summed E-state index contributed by atoms with van der Waals surface area (Å²) in [5.74, 6) is -1.06. The van der Waals surface area contributed by atoms with Crippen molar-refractivity contribution < 1.29 is 42.1 Å². The number of alkyl halides is 1. The fourth-order valence-corrected chi connectivity index (χ4v) is 6.44. The quantitative estimate of drug-likeness (QED) is 0.0811. The maximum Gasteiger partial charge on any atom is 0.344 e. The highest BCUT2D eigenvalue weighted by molar-refractivity contribution is 7.95. The molecule has 3 rings (SSSR count). The van der Waals surface area contributed by atoms with E-state index >= 15 is 0 Å². The predicted octanol–water partition coefficient (Wildman–Crippen LogP) is -3.25. The standard InChI is InChI=1S/C15H23ClN7O10PS/c16-3-8(24)18-1-2-20-35(30,31)6-34(28,29)32-4-7-10(25)11(26)14(33-7)23-5-19-9-12(23)21-15(17)22-13(9)27/h5,7,10-11,14,20,25-26H,1-4,6H2,(H,18,24)(H,28,29)(H3,17,21,22,27). The van der Waals surface area contributed by atoms with Crippen LogP contribution in [0.25, 0.3) is 11.2 Å². The van der Waals surface area contributed by atoms with E-state index in [0.29, 0.717) is 0 Å². The molecule has 8 N–H and O–H groups in total. The molecule has 1 aliphatic rings. The molecule has 2 aromatic heterocycles. The Balaban J connectivity index is 1.60. The summed E-state index contributed by atoms with van der Waals surface area (Å²) < 4.78 is 49.8. The third-order valence-electron chi connectivity index (χ3n) is 4.73. The number of ether oxygens (including phenoxy) is 1. The summed E-state index contributed by atoms with van der Waals surface area (Å²) >= 11 is 5.28. The van der Waals surface area contributed by atoms with Crippen molar-refractivity contribution >= 4 is 52.2 Å². The number of sulfonamides is 1. The summed E-state index contributed by atoms with van der Waals surface area (Å²) in [7, 11) is -9.03. The van der Waals surface area contributed by atoms with Gasteiger partial charge in [-0.1, -0.05) is 0 Å². The molecule has 0 aromatic carbocycles. The molecule has 0 radical (unpaired) electrons.